The monoisotopic (exact) mass is 254 g/mol. The van der Waals surface area contributed by atoms with E-state index in [0.29, 0.717) is 18.1 Å². The molecule has 2 N–H and O–H groups in total. The first-order chi connectivity index (χ1) is 8.69. The molecule has 2 rings (SSSR count). The summed E-state index contributed by atoms with van der Waals surface area (Å²) in [4.78, 5) is 2.58. The molecule has 1 aliphatic carbocycles. The average molecular weight is 254 g/mol. The van der Waals surface area contributed by atoms with E-state index in [1.54, 1.807) is 0 Å². The van der Waals surface area contributed by atoms with Crippen molar-refractivity contribution >= 4 is 0 Å². The summed E-state index contributed by atoms with van der Waals surface area (Å²) in [6.07, 6.45) is 6.78. The highest BCUT2D eigenvalue weighted by Gasteiger charge is 2.29. The number of nitrogens with zero attached hydrogens (tertiary/aromatic N) is 1. The summed E-state index contributed by atoms with van der Waals surface area (Å²) in [6, 6.07) is 0.423. The smallest absolute Gasteiger partial charge is 0.0673 e. The van der Waals surface area contributed by atoms with Crippen LogP contribution in [0, 0.1) is 11.8 Å². The highest BCUT2D eigenvalue weighted by Crippen LogP contribution is 2.31. The third kappa shape index (κ3) is 3.94. The molecule has 1 heterocycles. The predicted molar refractivity (Wildman–Crippen MR) is 75.6 cm³/mol. The minimum atomic E-state index is 0.384. The van der Waals surface area contributed by atoms with Crippen LogP contribution < -0.4 is 5.73 Å². The van der Waals surface area contributed by atoms with Crippen LogP contribution in [0.15, 0.2) is 0 Å². The van der Waals surface area contributed by atoms with E-state index in [0.717, 1.165) is 19.1 Å². The molecular weight excluding hydrogens is 224 g/mol. The zero-order chi connectivity index (χ0) is 13.0. The van der Waals surface area contributed by atoms with Gasteiger partial charge in [0.15, 0.2) is 0 Å². The van der Waals surface area contributed by atoms with Crippen molar-refractivity contribution in [2.45, 2.75) is 58.1 Å². The summed E-state index contributed by atoms with van der Waals surface area (Å²) in [6.45, 7) is 8.89. The quantitative estimate of drug-likeness (QED) is 0.839. The molecule has 0 bridgehead atoms. The lowest BCUT2D eigenvalue weighted by molar-refractivity contribution is 0.0619. The highest BCUT2D eigenvalue weighted by molar-refractivity contribution is 4.85. The van der Waals surface area contributed by atoms with Crippen LogP contribution in [0.4, 0.5) is 0 Å². The van der Waals surface area contributed by atoms with Crippen molar-refractivity contribution in [2.24, 2.45) is 17.6 Å². The fourth-order valence-corrected chi connectivity index (χ4v) is 3.54. The van der Waals surface area contributed by atoms with Crippen molar-refractivity contribution in [3.05, 3.63) is 0 Å². The Hall–Kier alpha value is -0.120. The molecule has 0 aromatic carbocycles. The Morgan fingerprint density at radius 2 is 2.17 bits per heavy atom. The Balaban J connectivity index is 1.86. The lowest BCUT2D eigenvalue weighted by Crippen LogP contribution is -2.44. The molecule has 3 heteroatoms. The van der Waals surface area contributed by atoms with Gasteiger partial charge in [0.25, 0.3) is 0 Å². The SMILES string of the molecule is CCC1CCC(N)C(CN2CCCOC(C)C2)C1. The number of ether oxygens (including phenoxy) is 1. The summed E-state index contributed by atoms with van der Waals surface area (Å²) < 4.78 is 5.72. The van der Waals surface area contributed by atoms with Gasteiger partial charge >= 0.3 is 0 Å². The van der Waals surface area contributed by atoms with E-state index >= 15 is 0 Å². The Kier molecular flexibility index (Phi) is 5.46. The predicted octanol–water partition coefficient (Wildman–Crippen LogP) is 2.25. The zero-order valence-corrected chi connectivity index (χ0v) is 12.1. The average Bonchev–Trinajstić information content (AvgIpc) is 2.56. The van der Waals surface area contributed by atoms with Crippen molar-refractivity contribution in [1.82, 2.24) is 4.90 Å². The molecule has 1 aliphatic heterocycles. The Labute approximate surface area is 112 Å². The molecule has 2 fully saturated rings. The molecule has 1 saturated heterocycles. The van der Waals surface area contributed by atoms with Crippen molar-refractivity contribution in [3.63, 3.8) is 0 Å². The Bertz CT molecular complexity index is 247. The van der Waals surface area contributed by atoms with Crippen LogP contribution in [0.25, 0.3) is 0 Å². The van der Waals surface area contributed by atoms with E-state index < -0.39 is 0 Å². The first-order valence-corrected chi connectivity index (χ1v) is 7.78. The van der Waals surface area contributed by atoms with Crippen LogP contribution >= 0.6 is 0 Å². The van der Waals surface area contributed by atoms with Crippen LogP contribution in [0.1, 0.15) is 46.0 Å². The topological polar surface area (TPSA) is 38.5 Å². The van der Waals surface area contributed by atoms with Crippen LogP contribution in [0.3, 0.4) is 0 Å². The van der Waals surface area contributed by atoms with Gasteiger partial charge in [-0.2, -0.15) is 0 Å². The van der Waals surface area contributed by atoms with E-state index in [4.69, 9.17) is 10.5 Å². The second kappa shape index (κ2) is 6.88. The molecule has 0 aromatic heterocycles. The van der Waals surface area contributed by atoms with Gasteiger partial charge in [0, 0.05) is 32.3 Å². The minimum Gasteiger partial charge on any atom is -0.377 e. The number of rotatable bonds is 3. The van der Waals surface area contributed by atoms with Gasteiger partial charge in [-0.3, -0.25) is 0 Å². The third-order valence-electron chi connectivity index (χ3n) is 4.76. The minimum absolute atomic E-state index is 0.384. The molecule has 4 unspecified atom stereocenters. The molecule has 0 radical (unpaired) electrons. The van der Waals surface area contributed by atoms with Gasteiger partial charge in [-0.25, -0.2) is 0 Å². The van der Waals surface area contributed by atoms with Gasteiger partial charge in [0.1, 0.15) is 0 Å². The number of hydrogen-bond acceptors (Lipinski definition) is 3. The summed E-state index contributed by atoms with van der Waals surface area (Å²) in [7, 11) is 0. The van der Waals surface area contributed by atoms with Crippen molar-refractivity contribution in [3.8, 4) is 0 Å². The van der Waals surface area contributed by atoms with E-state index in [9.17, 15) is 0 Å². The maximum atomic E-state index is 6.33. The van der Waals surface area contributed by atoms with Gasteiger partial charge in [0.05, 0.1) is 6.10 Å². The standard InChI is InChI=1S/C15H30N2O/c1-3-13-5-6-15(16)14(9-13)11-17-7-4-8-18-12(2)10-17/h12-15H,3-11,16H2,1-2H3. The van der Waals surface area contributed by atoms with Gasteiger partial charge in [-0.05, 0) is 44.4 Å². The van der Waals surface area contributed by atoms with Crippen LogP contribution in [-0.4, -0.2) is 43.3 Å². The highest BCUT2D eigenvalue weighted by atomic mass is 16.5. The van der Waals surface area contributed by atoms with Gasteiger partial charge in [-0.15, -0.1) is 0 Å². The molecule has 4 atom stereocenters. The summed E-state index contributed by atoms with van der Waals surface area (Å²) in [5.74, 6) is 1.62. The first-order valence-electron chi connectivity index (χ1n) is 7.78. The van der Waals surface area contributed by atoms with Crippen molar-refractivity contribution in [2.75, 3.05) is 26.2 Å². The lowest BCUT2D eigenvalue weighted by Gasteiger charge is -2.37. The third-order valence-corrected chi connectivity index (χ3v) is 4.76. The maximum Gasteiger partial charge on any atom is 0.0673 e. The van der Waals surface area contributed by atoms with E-state index in [1.165, 1.54) is 45.2 Å². The molecule has 1 saturated carbocycles. The Morgan fingerprint density at radius 1 is 1.33 bits per heavy atom. The normalized spacial score (nSPS) is 39.5. The largest absolute Gasteiger partial charge is 0.377 e. The first kappa shape index (κ1) is 14.3. The molecule has 18 heavy (non-hydrogen) atoms. The summed E-state index contributed by atoms with van der Waals surface area (Å²) in [5.41, 5.74) is 6.33. The van der Waals surface area contributed by atoms with Crippen LogP contribution in [0.2, 0.25) is 0 Å². The van der Waals surface area contributed by atoms with Crippen LogP contribution in [0.5, 0.6) is 0 Å². The van der Waals surface area contributed by atoms with E-state index in [-0.39, 0.29) is 0 Å². The van der Waals surface area contributed by atoms with Gasteiger partial charge < -0.3 is 15.4 Å². The second-order valence-electron chi connectivity index (χ2n) is 6.31. The Morgan fingerprint density at radius 3 is 2.94 bits per heavy atom. The van der Waals surface area contributed by atoms with Crippen molar-refractivity contribution < 1.29 is 4.74 Å². The van der Waals surface area contributed by atoms with Gasteiger partial charge in [-0.1, -0.05) is 13.3 Å². The number of nitrogens with two attached hydrogens (primary N) is 1. The van der Waals surface area contributed by atoms with E-state index in [2.05, 4.69) is 18.7 Å². The van der Waals surface area contributed by atoms with E-state index in [1.807, 2.05) is 0 Å². The molecule has 0 spiro atoms. The molecule has 2 aliphatic rings. The molecule has 0 aromatic rings. The maximum absolute atomic E-state index is 6.33. The number of hydrogen-bond donors (Lipinski definition) is 1. The molecule has 0 amide bonds. The summed E-state index contributed by atoms with van der Waals surface area (Å²) >= 11 is 0. The summed E-state index contributed by atoms with van der Waals surface area (Å²) in [5, 5.41) is 0. The fraction of sp³-hybridized carbons (Fsp3) is 1.00. The molecule has 106 valence electrons. The molecule has 3 nitrogen and oxygen atoms in total. The zero-order valence-electron chi connectivity index (χ0n) is 12.1. The lowest BCUT2D eigenvalue weighted by atomic mass is 9.77. The van der Waals surface area contributed by atoms with Crippen molar-refractivity contribution in [1.29, 1.82) is 0 Å². The second-order valence-corrected chi connectivity index (χ2v) is 6.31. The van der Waals surface area contributed by atoms with Gasteiger partial charge in [0.2, 0.25) is 0 Å². The fourth-order valence-electron chi connectivity index (χ4n) is 3.54. The molecular formula is C15H30N2O. The van der Waals surface area contributed by atoms with Crippen LogP contribution in [-0.2, 0) is 4.74 Å².